The maximum absolute atomic E-state index is 13.7. The minimum atomic E-state index is -3.98. The molecule has 0 spiro atoms. The quantitative estimate of drug-likeness (QED) is 0.644. The molecule has 3 N–H and O–H groups in total. The van der Waals surface area contributed by atoms with Gasteiger partial charge in [-0.25, -0.2) is 17.5 Å². The first-order chi connectivity index (χ1) is 9.90. The maximum atomic E-state index is 13.7. The highest BCUT2D eigenvalue weighted by Gasteiger charge is 2.17. The van der Waals surface area contributed by atoms with Crippen LogP contribution in [0.1, 0.15) is 12.5 Å². The van der Waals surface area contributed by atoms with E-state index in [4.69, 9.17) is 5.11 Å². The van der Waals surface area contributed by atoms with E-state index in [-0.39, 0.29) is 10.5 Å². The van der Waals surface area contributed by atoms with Gasteiger partial charge in [0.05, 0.1) is 17.0 Å². The lowest BCUT2D eigenvalue weighted by Gasteiger charge is -2.07. The summed E-state index contributed by atoms with van der Waals surface area (Å²) in [6.45, 7) is 1.23. The van der Waals surface area contributed by atoms with Crippen LogP contribution in [0.2, 0.25) is 0 Å². The zero-order valence-corrected chi connectivity index (χ0v) is 12.1. The molecule has 0 fully saturated rings. The molecule has 1 rings (SSSR count). The van der Waals surface area contributed by atoms with Crippen LogP contribution in [0, 0.1) is 17.7 Å². The molecular weight excluding hydrogens is 299 g/mol. The van der Waals surface area contributed by atoms with Crippen LogP contribution in [0.4, 0.5) is 4.39 Å². The topological polar surface area (TPSA) is 95.5 Å². The molecule has 8 heteroatoms. The fraction of sp³-hybridized carbons (Fsp3) is 0.308. The standard InChI is InChI=1S/C13H15FN2O4S/c1-2-15-13(18)9-16-21(19,20)11-6-5-10(4-3-7-17)12(14)8-11/h5-6,8,16-17H,2,7,9H2,1H3,(H,15,18). The van der Waals surface area contributed by atoms with Crippen LogP contribution in [0.15, 0.2) is 23.1 Å². The van der Waals surface area contributed by atoms with Crippen molar-refractivity contribution in [1.82, 2.24) is 10.0 Å². The Bertz CT molecular complexity index is 677. The Morgan fingerprint density at radius 1 is 1.43 bits per heavy atom. The Hall–Kier alpha value is -1.95. The summed E-state index contributed by atoms with van der Waals surface area (Å²) in [5.74, 6) is 3.32. The summed E-state index contributed by atoms with van der Waals surface area (Å²) in [6.07, 6.45) is 0. The number of carbonyl (C=O) groups excluding carboxylic acids is 1. The fourth-order valence-electron chi connectivity index (χ4n) is 1.40. The smallest absolute Gasteiger partial charge is 0.241 e. The van der Waals surface area contributed by atoms with Crippen molar-refractivity contribution in [3.63, 3.8) is 0 Å². The molecule has 0 aliphatic rings. The number of aliphatic hydroxyl groups is 1. The zero-order valence-electron chi connectivity index (χ0n) is 11.3. The van der Waals surface area contributed by atoms with Crippen LogP contribution in [-0.4, -0.2) is 39.1 Å². The second-order valence-electron chi connectivity index (χ2n) is 3.88. The molecule has 0 saturated heterocycles. The predicted octanol–water partition coefficient (Wildman–Crippen LogP) is -0.416. The lowest BCUT2D eigenvalue weighted by atomic mass is 10.2. The van der Waals surface area contributed by atoms with E-state index in [0.717, 1.165) is 6.07 Å². The van der Waals surface area contributed by atoms with Gasteiger partial charge in [0.15, 0.2) is 0 Å². The third-order valence-corrected chi connectivity index (χ3v) is 3.75. The molecule has 0 aliphatic carbocycles. The summed E-state index contributed by atoms with van der Waals surface area (Å²) >= 11 is 0. The Morgan fingerprint density at radius 2 is 2.14 bits per heavy atom. The molecule has 6 nitrogen and oxygen atoms in total. The van der Waals surface area contributed by atoms with E-state index >= 15 is 0 Å². The lowest BCUT2D eigenvalue weighted by Crippen LogP contribution is -2.36. The van der Waals surface area contributed by atoms with E-state index in [2.05, 4.69) is 21.9 Å². The average molecular weight is 314 g/mol. The molecule has 0 unspecified atom stereocenters. The van der Waals surface area contributed by atoms with E-state index in [1.54, 1.807) is 6.92 Å². The fourth-order valence-corrected chi connectivity index (χ4v) is 2.40. The molecule has 1 amide bonds. The van der Waals surface area contributed by atoms with Gasteiger partial charge in [-0.05, 0) is 25.1 Å². The Labute approximate surface area is 122 Å². The number of hydrogen-bond donors (Lipinski definition) is 3. The second kappa shape index (κ2) is 7.73. The third kappa shape index (κ3) is 5.15. The molecule has 0 saturated carbocycles. The van der Waals surface area contributed by atoms with Crippen molar-refractivity contribution in [2.45, 2.75) is 11.8 Å². The highest BCUT2D eigenvalue weighted by Crippen LogP contribution is 2.14. The molecular formula is C13H15FN2O4S. The van der Waals surface area contributed by atoms with E-state index in [1.807, 2.05) is 0 Å². The number of nitrogens with one attached hydrogen (secondary N) is 2. The van der Waals surface area contributed by atoms with Gasteiger partial charge < -0.3 is 10.4 Å². The van der Waals surface area contributed by atoms with Gasteiger partial charge in [0.25, 0.3) is 0 Å². The zero-order chi connectivity index (χ0) is 15.9. The van der Waals surface area contributed by atoms with Gasteiger partial charge in [-0.3, -0.25) is 4.79 Å². The number of hydrogen-bond acceptors (Lipinski definition) is 4. The SMILES string of the molecule is CCNC(=O)CNS(=O)(=O)c1ccc(C#CCO)c(F)c1. The van der Waals surface area contributed by atoms with Crippen molar-refractivity contribution in [1.29, 1.82) is 0 Å². The first-order valence-electron chi connectivity index (χ1n) is 6.06. The molecule has 1 aromatic rings. The van der Waals surface area contributed by atoms with Crippen molar-refractivity contribution in [3.8, 4) is 11.8 Å². The molecule has 0 aliphatic heterocycles. The van der Waals surface area contributed by atoms with Crippen LogP contribution < -0.4 is 10.0 Å². The summed E-state index contributed by atoms with van der Waals surface area (Å²) in [7, 11) is -3.98. The second-order valence-corrected chi connectivity index (χ2v) is 5.65. The van der Waals surface area contributed by atoms with E-state index in [0.29, 0.717) is 6.54 Å². The molecule has 0 radical (unpaired) electrons. The van der Waals surface area contributed by atoms with Crippen molar-refractivity contribution in [2.24, 2.45) is 0 Å². The maximum Gasteiger partial charge on any atom is 0.241 e. The number of benzene rings is 1. The van der Waals surface area contributed by atoms with Crippen molar-refractivity contribution in [3.05, 3.63) is 29.6 Å². The highest BCUT2D eigenvalue weighted by molar-refractivity contribution is 7.89. The molecule has 21 heavy (non-hydrogen) atoms. The first-order valence-corrected chi connectivity index (χ1v) is 7.54. The number of sulfonamides is 1. The van der Waals surface area contributed by atoms with Gasteiger partial charge >= 0.3 is 0 Å². The van der Waals surface area contributed by atoms with Crippen LogP contribution >= 0.6 is 0 Å². The van der Waals surface area contributed by atoms with Crippen LogP contribution in [0.5, 0.6) is 0 Å². The van der Waals surface area contributed by atoms with Crippen LogP contribution in [0.3, 0.4) is 0 Å². The summed E-state index contributed by atoms with van der Waals surface area (Å²) in [6, 6.07) is 3.17. The summed E-state index contributed by atoms with van der Waals surface area (Å²) in [4.78, 5) is 10.9. The summed E-state index contributed by atoms with van der Waals surface area (Å²) in [5, 5.41) is 11.0. The number of amides is 1. The van der Waals surface area contributed by atoms with Crippen molar-refractivity contribution in [2.75, 3.05) is 19.7 Å². The van der Waals surface area contributed by atoms with E-state index in [9.17, 15) is 17.6 Å². The van der Waals surface area contributed by atoms with Gasteiger partial charge in [0.2, 0.25) is 15.9 Å². The van der Waals surface area contributed by atoms with Gasteiger partial charge in [0.1, 0.15) is 12.4 Å². The molecule has 0 heterocycles. The van der Waals surface area contributed by atoms with Crippen molar-refractivity contribution >= 4 is 15.9 Å². The predicted molar refractivity (Wildman–Crippen MR) is 74.2 cm³/mol. The molecule has 0 atom stereocenters. The Morgan fingerprint density at radius 3 is 2.71 bits per heavy atom. The first kappa shape index (κ1) is 17.1. The number of aliphatic hydroxyl groups excluding tert-OH is 1. The number of carbonyl (C=O) groups is 1. The van der Waals surface area contributed by atoms with Gasteiger partial charge in [-0.1, -0.05) is 11.8 Å². The van der Waals surface area contributed by atoms with Gasteiger partial charge in [0, 0.05) is 6.54 Å². The van der Waals surface area contributed by atoms with E-state index < -0.39 is 34.9 Å². The molecule has 0 bridgehead atoms. The summed E-state index contributed by atoms with van der Waals surface area (Å²) < 4.78 is 39.5. The molecule has 114 valence electrons. The molecule has 0 aromatic heterocycles. The normalized spacial score (nSPS) is 10.6. The van der Waals surface area contributed by atoms with Gasteiger partial charge in [-0.2, -0.15) is 0 Å². The van der Waals surface area contributed by atoms with Crippen LogP contribution in [0.25, 0.3) is 0 Å². The summed E-state index contributed by atoms with van der Waals surface area (Å²) in [5.41, 5.74) is -0.0215. The van der Waals surface area contributed by atoms with Crippen molar-refractivity contribution < 1.29 is 22.7 Å². The lowest BCUT2D eigenvalue weighted by molar-refractivity contribution is -0.119. The largest absolute Gasteiger partial charge is 0.384 e. The number of likely N-dealkylation sites (N-methyl/N-ethyl adjacent to an activating group) is 1. The van der Waals surface area contributed by atoms with Gasteiger partial charge in [-0.15, -0.1) is 0 Å². The minimum absolute atomic E-state index is 0.0215. The average Bonchev–Trinajstić information content (AvgIpc) is 2.44. The van der Waals surface area contributed by atoms with E-state index in [1.165, 1.54) is 12.1 Å². The third-order valence-electron chi connectivity index (χ3n) is 2.35. The monoisotopic (exact) mass is 314 g/mol. The highest BCUT2D eigenvalue weighted by atomic mass is 32.2. The number of halogens is 1. The number of rotatable bonds is 5. The van der Waals surface area contributed by atoms with Crippen LogP contribution in [-0.2, 0) is 14.8 Å². The minimum Gasteiger partial charge on any atom is -0.384 e. The Balaban J connectivity index is 2.89. The molecule has 1 aromatic carbocycles. The Kier molecular flexibility index (Phi) is 6.30.